The van der Waals surface area contributed by atoms with Gasteiger partial charge in [0.15, 0.2) is 0 Å². The molecule has 9 atom stereocenters. The number of likely N-dealkylation sites (tertiary alicyclic amines) is 4. The molecule has 10 rings (SSSR count). The second-order valence-corrected chi connectivity index (χ2v) is 27.7. The maximum absolute atomic E-state index is 14.8. The van der Waals surface area contributed by atoms with Gasteiger partial charge in [-0.2, -0.15) is 0 Å². The molecule has 4 fully saturated rings. The number of hydrogen-bond acceptors (Lipinski definition) is 16. The van der Waals surface area contributed by atoms with Gasteiger partial charge in [0.2, 0.25) is 23.6 Å². The fraction of sp³-hybridized carbons (Fsp3) is 0.515. The van der Waals surface area contributed by atoms with Gasteiger partial charge in [0.25, 0.3) is 0 Å². The molecule has 7 N–H and O–H groups in total. The van der Waals surface area contributed by atoms with Gasteiger partial charge in [0.05, 0.1) is 80.0 Å². The Labute approximate surface area is 560 Å². The van der Waals surface area contributed by atoms with Crippen LogP contribution in [0.15, 0.2) is 36.9 Å². The first-order valence-electron chi connectivity index (χ1n) is 32.2. The van der Waals surface area contributed by atoms with E-state index in [4.69, 9.17) is 24.2 Å². The topological polar surface area (TPSA) is 311 Å². The summed E-state index contributed by atoms with van der Waals surface area (Å²) in [6, 6.07) is 0.318. The van der Waals surface area contributed by atoms with Crippen molar-refractivity contribution in [3.63, 3.8) is 0 Å². The molecule has 25 nitrogen and oxygen atoms in total. The molecule has 4 saturated heterocycles. The largest absolute Gasteiger partial charge is 0.453 e. The van der Waals surface area contributed by atoms with Crippen LogP contribution in [0, 0.1) is 77.0 Å². The van der Waals surface area contributed by atoms with Crippen molar-refractivity contribution in [2.45, 2.75) is 149 Å². The lowest BCUT2D eigenvalue weighted by Gasteiger charge is -2.32. The SMILES string of the molecule is COC(=O)NC(C(=O)N1CCCC1c1ncc(C#CC#Cc2cnc(C3CC(CC(C)C(NC(=O)OC)C(=O)N4CCCC4c4ncc(C#Cc5cc6sc(C#Cc7cnc(C8CCCN8C(=O)C(NC(=O)OC)C(C)C)[nH]7)cc6s5)[nH]4)CN3C(=O)CC(C)C)[nH]2)[nH]1)C(C)C. The summed E-state index contributed by atoms with van der Waals surface area (Å²) >= 11 is 3.12. The number of aromatic nitrogens is 8. The molecule has 0 aliphatic carbocycles. The number of rotatable bonds is 17. The number of methoxy groups -OCH3 is 3. The highest BCUT2D eigenvalue weighted by Crippen LogP contribution is 2.40. The van der Waals surface area contributed by atoms with Gasteiger partial charge in [-0.15, -0.1) is 22.7 Å². The normalized spacial score (nSPS) is 19.6. The molecule has 4 aliphatic rings. The highest BCUT2D eigenvalue weighted by atomic mass is 32.1. The molecule has 9 unspecified atom stereocenters. The molecule has 7 amide bonds. The zero-order valence-electron chi connectivity index (χ0n) is 55.1. The predicted molar refractivity (Wildman–Crippen MR) is 354 cm³/mol. The van der Waals surface area contributed by atoms with Crippen LogP contribution in [0.2, 0.25) is 0 Å². The average Bonchev–Trinajstić information content (AvgIpc) is 1.72. The molecule has 4 aliphatic heterocycles. The first kappa shape index (κ1) is 68.3. The molecular formula is C68H81N15O10S2. The van der Waals surface area contributed by atoms with Crippen molar-refractivity contribution in [1.29, 1.82) is 0 Å². The zero-order valence-corrected chi connectivity index (χ0v) is 56.7. The molecule has 500 valence electrons. The van der Waals surface area contributed by atoms with Crippen LogP contribution in [0.5, 0.6) is 0 Å². The number of carbonyl (C=O) groups excluding carboxylic acids is 7. The summed E-state index contributed by atoms with van der Waals surface area (Å²) in [5.41, 5.74) is 2.26. The van der Waals surface area contributed by atoms with Crippen molar-refractivity contribution in [1.82, 2.24) is 75.4 Å². The van der Waals surface area contributed by atoms with Gasteiger partial charge in [-0.1, -0.05) is 48.5 Å². The first-order valence-corrected chi connectivity index (χ1v) is 33.9. The second kappa shape index (κ2) is 30.7. The van der Waals surface area contributed by atoms with Crippen LogP contribution in [-0.2, 0) is 33.4 Å². The first-order chi connectivity index (χ1) is 45.7. The smallest absolute Gasteiger partial charge is 0.407 e. The van der Waals surface area contributed by atoms with Crippen molar-refractivity contribution in [2.75, 3.05) is 47.5 Å². The van der Waals surface area contributed by atoms with E-state index in [1.54, 1.807) is 62.2 Å². The van der Waals surface area contributed by atoms with Gasteiger partial charge in [0.1, 0.15) is 64.2 Å². The monoisotopic (exact) mass is 1330 g/mol. The van der Waals surface area contributed by atoms with E-state index in [9.17, 15) is 33.6 Å². The van der Waals surface area contributed by atoms with E-state index < -0.39 is 36.4 Å². The van der Waals surface area contributed by atoms with Gasteiger partial charge in [-0.25, -0.2) is 34.3 Å². The Morgan fingerprint density at radius 2 is 0.884 bits per heavy atom. The lowest BCUT2D eigenvalue weighted by Crippen LogP contribution is -2.52. The van der Waals surface area contributed by atoms with Gasteiger partial charge >= 0.3 is 18.3 Å². The fourth-order valence-electron chi connectivity index (χ4n) is 13.0. The van der Waals surface area contributed by atoms with Crippen molar-refractivity contribution in [3.8, 4) is 47.4 Å². The van der Waals surface area contributed by atoms with Crippen LogP contribution in [0.3, 0.4) is 0 Å². The molecule has 27 heteroatoms. The zero-order chi connectivity index (χ0) is 67.6. The minimum Gasteiger partial charge on any atom is -0.453 e. The molecule has 6 aromatic heterocycles. The minimum atomic E-state index is -0.941. The number of thiophene rings is 2. The summed E-state index contributed by atoms with van der Waals surface area (Å²) in [4.78, 5) is 134. The summed E-state index contributed by atoms with van der Waals surface area (Å²) in [7, 11) is 3.81. The number of H-pyrrole nitrogens is 4. The Balaban J connectivity index is 0.754. The number of aromatic amines is 4. The van der Waals surface area contributed by atoms with Gasteiger partial charge < -0.3 is 69.7 Å². The molecule has 0 aromatic carbocycles. The lowest BCUT2D eigenvalue weighted by molar-refractivity contribution is -0.136. The Kier molecular flexibility index (Phi) is 22.0. The van der Waals surface area contributed by atoms with Crippen LogP contribution in [0.25, 0.3) is 9.40 Å². The number of nitrogens with zero attached hydrogens (tertiary/aromatic N) is 8. The van der Waals surface area contributed by atoms with Crippen LogP contribution >= 0.6 is 22.7 Å². The Hall–Kier alpha value is -9.57. The number of carbonyl (C=O) groups is 7. The molecule has 0 bridgehead atoms. The maximum atomic E-state index is 14.8. The summed E-state index contributed by atoms with van der Waals surface area (Å²) in [6.07, 6.45) is 10.4. The van der Waals surface area contributed by atoms with E-state index in [0.29, 0.717) is 104 Å². The maximum Gasteiger partial charge on any atom is 0.407 e. The number of nitrogens with one attached hydrogen (secondary N) is 7. The predicted octanol–water partition coefficient (Wildman–Crippen LogP) is 8.20. The van der Waals surface area contributed by atoms with Crippen molar-refractivity contribution < 1.29 is 47.8 Å². The molecule has 0 saturated carbocycles. The fourth-order valence-corrected chi connectivity index (χ4v) is 15.1. The number of amides is 7. The summed E-state index contributed by atoms with van der Waals surface area (Å²) < 4.78 is 16.7. The van der Waals surface area contributed by atoms with E-state index in [1.807, 2.05) is 65.5 Å². The van der Waals surface area contributed by atoms with Crippen LogP contribution < -0.4 is 16.0 Å². The van der Waals surface area contributed by atoms with E-state index >= 15 is 0 Å². The highest BCUT2D eigenvalue weighted by Gasteiger charge is 2.44. The Bertz CT molecular complexity index is 4040. The number of ether oxygens (including phenoxy) is 3. The summed E-state index contributed by atoms with van der Waals surface area (Å²) in [6.45, 7) is 15.4. The quantitative estimate of drug-likeness (QED) is 0.0335. The Morgan fingerprint density at radius 1 is 0.516 bits per heavy atom. The molecular weight excluding hydrogens is 1250 g/mol. The highest BCUT2D eigenvalue weighted by molar-refractivity contribution is 7.28. The summed E-state index contributed by atoms with van der Waals surface area (Å²) in [5.74, 6) is 25.9. The molecule has 10 heterocycles. The number of imidazole rings is 4. The standard InChI is InChI=1S/C68H81N15O10S2/c1-38(2)28-55(84)83-37-42(30-52(83)62-72-34-44(74-62)17-12-11-16-43-33-69-59(73-43)49-18-13-25-80(49)63(85)56(39(3)4)77-66(88)91-8)29-41(7)58(79-68(90)93-10)65(87)82-27-15-20-51(82)61-71-36-46(76-61)22-24-48-32-54-53(95-48)31-47(94-54)23-21-45-35-70-60(75-45)50-19-14-26-81(50)64(86)57(40(5)6)78-67(89)92-9/h31-36,38-42,49-52,56-58H,13-15,18-20,25-30,37H2,1-10H3,(H,69,73)(H,70,75)(H,71,76)(H,72,74)(H,77,88)(H,78,89)(H,79,90). The van der Waals surface area contributed by atoms with Crippen LogP contribution in [-0.4, -0.2) is 167 Å². The third-order valence-corrected chi connectivity index (χ3v) is 19.8. The molecule has 0 spiro atoms. The van der Waals surface area contributed by atoms with Gasteiger partial charge in [0, 0.05) is 42.0 Å². The van der Waals surface area contributed by atoms with Gasteiger partial charge in [-0.05, 0) is 140 Å². The number of hydrogen-bond donors (Lipinski definition) is 7. The van der Waals surface area contributed by atoms with E-state index in [0.717, 1.165) is 44.8 Å². The number of fused-ring (bicyclic) bond motifs is 1. The van der Waals surface area contributed by atoms with Crippen LogP contribution in [0.1, 0.15) is 186 Å². The Morgan fingerprint density at radius 3 is 1.26 bits per heavy atom. The third kappa shape index (κ3) is 16.3. The van der Waals surface area contributed by atoms with Gasteiger partial charge in [-0.3, -0.25) is 19.2 Å². The van der Waals surface area contributed by atoms with E-state index in [-0.39, 0.29) is 77.4 Å². The lowest BCUT2D eigenvalue weighted by atomic mass is 9.88. The average molecular weight is 1330 g/mol. The second-order valence-electron chi connectivity index (χ2n) is 25.6. The van der Waals surface area contributed by atoms with Crippen molar-refractivity contribution >= 4 is 74.0 Å². The van der Waals surface area contributed by atoms with Crippen LogP contribution in [0.4, 0.5) is 14.4 Å². The summed E-state index contributed by atoms with van der Waals surface area (Å²) in [5, 5.41) is 8.21. The van der Waals surface area contributed by atoms with E-state index in [1.165, 1.54) is 21.3 Å². The number of alkyl carbamates (subject to hydrolysis) is 3. The molecule has 0 radical (unpaired) electrons. The van der Waals surface area contributed by atoms with Crippen molar-refractivity contribution in [2.24, 2.45) is 29.6 Å². The minimum absolute atomic E-state index is 0.00721. The molecule has 6 aromatic rings. The third-order valence-electron chi connectivity index (χ3n) is 17.6. The van der Waals surface area contributed by atoms with E-state index in [2.05, 4.69) is 93.2 Å². The molecule has 95 heavy (non-hydrogen) atoms. The van der Waals surface area contributed by atoms with Crippen molar-refractivity contribution in [3.05, 3.63) is 92.7 Å².